The molecule has 1 aromatic carbocycles. The van der Waals surface area contributed by atoms with E-state index in [1.807, 2.05) is 38.1 Å². The highest BCUT2D eigenvalue weighted by Crippen LogP contribution is 2.14. The van der Waals surface area contributed by atoms with Crippen LogP contribution in [0.2, 0.25) is 0 Å². The molecule has 0 fully saturated rings. The minimum atomic E-state index is -0.187. The van der Waals surface area contributed by atoms with Crippen LogP contribution in [0.3, 0.4) is 0 Å². The van der Waals surface area contributed by atoms with Gasteiger partial charge in [-0.3, -0.25) is 4.79 Å². The van der Waals surface area contributed by atoms with Gasteiger partial charge >= 0.3 is 0 Å². The zero-order valence-corrected chi connectivity index (χ0v) is 10.9. The van der Waals surface area contributed by atoms with E-state index in [-0.39, 0.29) is 5.91 Å². The van der Waals surface area contributed by atoms with Crippen LogP contribution < -0.4 is 16.6 Å². The highest BCUT2D eigenvalue weighted by Gasteiger charge is 2.08. The Kier molecular flexibility index (Phi) is 3.77. The third-order valence-electron chi connectivity index (χ3n) is 2.64. The van der Waals surface area contributed by atoms with Crippen molar-refractivity contribution < 1.29 is 4.79 Å². The lowest BCUT2D eigenvalue weighted by Crippen LogP contribution is -2.15. The molecule has 0 aliphatic carbocycles. The van der Waals surface area contributed by atoms with Crippen LogP contribution in [0, 0.1) is 13.8 Å². The number of nitrogen functional groups attached to an aromatic ring is 1. The van der Waals surface area contributed by atoms with E-state index >= 15 is 0 Å². The van der Waals surface area contributed by atoms with Gasteiger partial charge in [0.2, 0.25) is 0 Å². The summed E-state index contributed by atoms with van der Waals surface area (Å²) in [6.45, 7) is 3.78. The first-order chi connectivity index (χ1) is 9.08. The lowest BCUT2D eigenvalue weighted by atomic mass is 10.2. The quantitative estimate of drug-likeness (QED) is 0.581. The molecule has 0 aliphatic heterocycles. The minimum absolute atomic E-state index is 0.187. The molecule has 0 unspecified atom stereocenters. The maximum atomic E-state index is 12.1. The van der Waals surface area contributed by atoms with Gasteiger partial charge in [0.15, 0.2) is 0 Å². The maximum absolute atomic E-state index is 12.1. The van der Waals surface area contributed by atoms with Crippen molar-refractivity contribution in [2.45, 2.75) is 13.8 Å². The van der Waals surface area contributed by atoms with Gasteiger partial charge in [-0.1, -0.05) is 12.1 Å². The van der Waals surface area contributed by atoms with Crippen molar-refractivity contribution in [2.75, 3.05) is 10.7 Å². The second-order valence-corrected chi connectivity index (χ2v) is 4.35. The monoisotopic (exact) mass is 256 g/mol. The van der Waals surface area contributed by atoms with Gasteiger partial charge in [-0.25, -0.2) is 10.8 Å². The molecule has 5 nitrogen and oxygen atoms in total. The van der Waals surface area contributed by atoms with Crippen molar-refractivity contribution in [3.05, 3.63) is 53.2 Å². The molecule has 0 spiro atoms. The second-order valence-electron chi connectivity index (χ2n) is 4.35. The molecule has 0 atom stereocenters. The first-order valence-corrected chi connectivity index (χ1v) is 5.92. The highest BCUT2D eigenvalue weighted by atomic mass is 16.1. The maximum Gasteiger partial charge on any atom is 0.255 e. The number of aromatic nitrogens is 1. The number of pyridine rings is 1. The van der Waals surface area contributed by atoms with E-state index < -0.39 is 0 Å². The van der Waals surface area contributed by atoms with Crippen LogP contribution in [0.25, 0.3) is 0 Å². The predicted octanol–water partition coefficient (Wildman–Crippen LogP) is 2.24. The molecule has 1 heterocycles. The molecule has 1 amide bonds. The Morgan fingerprint density at radius 3 is 2.68 bits per heavy atom. The number of nitrogens with two attached hydrogens (primary N) is 1. The summed E-state index contributed by atoms with van der Waals surface area (Å²) in [5.41, 5.74) is 5.54. The molecular weight excluding hydrogens is 240 g/mol. The topological polar surface area (TPSA) is 80.0 Å². The molecular formula is C14H16N4O. The largest absolute Gasteiger partial charge is 0.322 e. The molecule has 2 aromatic rings. The van der Waals surface area contributed by atoms with E-state index in [0.29, 0.717) is 11.4 Å². The fourth-order valence-electron chi connectivity index (χ4n) is 1.80. The summed E-state index contributed by atoms with van der Waals surface area (Å²) in [6.07, 6.45) is 0. The van der Waals surface area contributed by atoms with Gasteiger partial charge in [-0.2, -0.15) is 0 Å². The third-order valence-corrected chi connectivity index (χ3v) is 2.64. The Bertz CT molecular complexity index is 610. The normalized spacial score (nSPS) is 10.1. The fraction of sp³-hybridized carbons (Fsp3) is 0.143. The van der Waals surface area contributed by atoms with Gasteiger partial charge in [-0.15, -0.1) is 0 Å². The van der Waals surface area contributed by atoms with Crippen LogP contribution in [0.1, 0.15) is 21.6 Å². The molecule has 19 heavy (non-hydrogen) atoms. The van der Waals surface area contributed by atoms with Crippen molar-refractivity contribution in [1.82, 2.24) is 4.98 Å². The van der Waals surface area contributed by atoms with E-state index in [1.54, 1.807) is 12.1 Å². The van der Waals surface area contributed by atoms with Crippen molar-refractivity contribution >= 4 is 17.4 Å². The average molecular weight is 256 g/mol. The van der Waals surface area contributed by atoms with Crippen LogP contribution in [0.5, 0.6) is 0 Å². The van der Waals surface area contributed by atoms with Gasteiger partial charge in [0.25, 0.3) is 5.91 Å². The van der Waals surface area contributed by atoms with Gasteiger partial charge in [0, 0.05) is 16.9 Å². The smallest absolute Gasteiger partial charge is 0.255 e. The van der Waals surface area contributed by atoms with Crippen LogP contribution in [-0.2, 0) is 0 Å². The van der Waals surface area contributed by atoms with Gasteiger partial charge in [0.05, 0.1) is 0 Å². The Morgan fingerprint density at radius 1 is 1.21 bits per heavy atom. The standard InChI is InChI=1S/C14H16N4O/c1-9-4-3-5-12(6-9)17-14(19)11-7-10(2)16-13(8-11)18-15/h3-8H,15H2,1-2H3,(H,16,18)(H,17,19). The Balaban J connectivity index is 2.22. The second kappa shape index (κ2) is 5.49. The fourth-order valence-corrected chi connectivity index (χ4v) is 1.80. The number of anilines is 2. The zero-order chi connectivity index (χ0) is 13.8. The van der Waals surface area contributed by atoms with Crippen LogP contribution in [0.4, 0.5) is 11.5 Å². The summed E-state index contributed by atoms with van der Waals surface area (Å²) in [6, 6.07) is 11.0. The van der Waals surface area contributed by atoms with Crippen molar-refractivity contribution in [1.29, 1.82) is 0 Å². The third kappa shape index (κ3) is 3.29. The molecule has 1 aromatic heterocycles. The molecule has 0 saturated heterocycles. The first-order valence-electron chi connectivity index (χ1n) is 5.92. The number of aryl methyl sites for hydroxylation is 2. The molecule has 4 N–H and O–H groups in total. The number of carbonyl (C=O) groups is 1. The van der Waals surface area contributed by atoms with Gasteiger partial charge in [-0.05, 0) is 43.7 Å². The predicted molar refractivity (Wildman–Crippen MR) is 75.9 cm³/mol. The highest BCUT2D eigenvalue weighted by molar-refractivity contribution is 6.04. The number of hydrazine groups is 1. The summed E-state index contributed by atoms with van der Waals surface area (Å²) in [7, 11) is 0. The van der Waals surface area contributed by atoms with E-state index in [2.05, 4.69) is 15.7 Å². The van der Waals surface area contributed by atoms with Crippen LogP contribution in [-0.4, -0.2) is 10.9 Å². The molecule has 0 radical (unpaired) electrons. The van der Waals surface area contributed by atoms with Crippen molar-refractivity contribution in [3.8, 4) is 0 Å². The van der Waals surface area contributed by atoms with Crippen molar-refractivity contribution in [2.24, 2.45) is 5.84 Å². The Labute approximate surface area is 111 Å². The lowest BCUT2D eigenvalue weighted by Gasteiger charge is -2.08. The number of nitrogens with zero attached hydrogens (tertiary/aromatic N) is 1. The number of nitrogens with one attached hydrogen (secondary N) is 2. The number of hydrogen-bond acceptors (Lipinski definition) is 4. The Morgan fingerprint density at radius 2 is 2.00 bits per heavy atom. The van der Waals surface area contributed by atoms with Gasteiger partial charge in [0.1, 0.15) is 5.82 Å². The SMILES string of the molecule is Cc1cccc(NC(=O)c2cc(C)nc(NN)c2)c1. The molecule has 0 bridgehead atoms. The summed E-state index contributed by atoms with van der Waals surface area (Å²) < 4.78 is 0. The van der Waals surface area contributed by atoms with E-state index in [0.717, 1.165) is 16.9 Å². The summed E-state index contributed by atoms with van der Waals surface area (Å²) in [5, 5.41) is 2.84. The van der Waals surface area contributed by atoms with Crippen molar-refractivity contribution in [3.63, 3.8) is 0 Å². The Hall–Kier alpha value is -2.40. The number of amides is 1. The summed E-state index contributed by atoms with van der Waals surface area (Å²) in [5.74, 6) is 5.60. The van der Waals surface area contributed by atoms with E-state index in [9.17, 15) is 4.79 Å². The zero-order valence-electron chi connectivity index (χ0n) is 10.9. The number of rotatable bonds is 3. The molecule has 5 heteroatoms. The average Bonchev–Trinajstić information content (AvgIpc) is 2.38. The molecule has 98 valence electrons. The van der Waals surface area contributed by atoms with E-state index in [4.69, 9.17) is 5.84 Å². The lowest BCUT2D eigenvalue weighted by molar-refractivity contribution is 0.102. The molecule has 0 aliphatic rings. The first kappa shape index (κ1) is 13.0. The minimum Gasteiger partial charge on any atom is -0.322 e. The number of carbonyl (C=O) groups excluding carboxylic acids is 1. The van der Waals surface area contributed by atoms with E-state index in [1.165, 1.54) is 0 Å². The number of benzene rings is 1. The van der Waals surface area contributed by atoms with Crippen LogP contribution >= 0.6 is 0 Å². The molecule has 2 rings (SSSR count). The molecule has 0 saturated carbocycles. The summed E-state index contributed by atoms with van der Waals surface area (Å²) in [4.78, 5) is 16.3. The van der Waals surface area contributed by atoms with Gasteiger partial charge < -0.3 is 10.7 Å². The number of hydrogen-bond donors (Lipinski definition) is 3. The summed E-state index contributed by atoms with van der Waals surface area (Å²) >= 11 is 0. The van der Waals surface area contributed by atoms with Crippen LogP contribution in [0.15, 0.2) is 36.4 Å².